The summed E-state index contributed by atoms with van der Waals surface area (Å²) in [5.41, 5.74) is 3.44. The zero-order valence-electron chi connectivity index (χ0n) is 13.8. The molecule has 0 bridgehead atoms. The molecule has 1 unspecified atom stereocenters. The van der Waals surface area contributed by atoms with E-state index in [0.29, 0.717) is 0 Å². The molecule has 118 valence electrons. The number of rotatable bonds is 8. The molecule has 0 aliphatic heterocycles. The maximum atomic E-state index is 11.7. The van der Waals surface area contributed by atoms with Crippen LogP contribution in [0.5, 0.6) is 0 Å². The van der Waals surface area contributed by atoms with Crippen LogP contribution in [-0.4, -0.2) is 31.4 Å². The summed E-state index contributed by atoms with van der Waals surface area (Å²) in [6.07, 6.45) is 1.78. The fraction of sp³-hybridized carbons (Fsp3) is 0.588. The Hall–Kier alpha value is -1.00. The van der Waals surface area contributed by atoms with Crippen molar-refractivity contribution in [1.29, 1.82) is 0 Å². The van der Waals surface area contributed by atoms with E-state index in [1.807, 2.05) is 18.7 Å². The summed E-state index contributed by atoms with van der Waals surface area (Å²) in [6.45, 7) is 6.17. The molecule has 3 nitrogen and oxygen atoms in total. The van der Waals surface area contributed by atoms with Crippen LogP contribution in [0.3, 0.4) is 0 Å². The monoisotopic (exact) mass is 309 g/mol. The van der Waals surface area contributed by atoms with Gasteiger partial charge in [-0.05, 0) is 52.0 Å². The summed E-state index contributed by atoms with van der Waals surface area (Å²) < 4.78 is 4.85. The fourth-order valence-electron chi connectivity index (χ4n) is 2.42. The van der Waals surface area contributed by atoms with Gasteiger partial charge in [-0.1, -0.05) is 29.3 Å². The van der Waals surface area contributed by atoms with Crippen molar-refractivity contribution in [2.75, 3.05) is 19.9 Å². The number of ether oxygens (including phenoxy) is 1. The molecule has 0 amide bonds. The number of esters is 1. The molecule has 1 atom stereocenters. The molecule has 0 aliphatic carbocycles. The Morgan fingerprint density at radius 2 is 1.90 bits per heavy atom. The number of hydrogen-bond donors (Lipinski definition) is 1. The number of carbonyl (C=O) groups excluding carboxylic acids is 1. The first kappa shape index (κ1) is 18.1. The average molecular weight is 309 g/mol. The molecule has 1 aromatic carbocycles. The molecule has 0 fully saturated rings. The molecule has 1 rings (SSSR count). The topological polar surface area (TPSA) is 38.3 Å². The molecule has 1 N–H and O–H groups in total. The molecule has 0 radical (unpaired) electrons. The third kappa shape index (κ3) is 5.71. The van der Waals surface area contributed by atoms with Crippen molar-refractivity contribution in [2.24, 2.45) is 0 Å². The van der Waals surface area contributed by atoms with Crippen LogP contribution in [0, 0.1) is 13.8 Å². The van der Waals surface area contributed by atoms with Crippen molar-refractivity contribution in [2.45, 2.75) is 44.9 Å². The number of carbonyl (C=O) groups is 1. The predicted octanol–water partition coefficient (Wildman–Crippen LogP) is 3.47. The van der Waals surface area contributed by atoms with Crippen LogP contribution in [0.1, 0.15) is 36.5 Å². The number of methoxy groups -OCH3 is 1. The minimum absolute atomic E-state index is 0.190. The molecule has 21 heavy (non-hydrogen) atoms. The number of thioether (sulfide) groups is 1. The van der Waals surface area contributed by atoms with Gasteiger partial charge in [-0.2, -0.15) is 11.8 Å². The second kappa shape index (κ2) is 8.44. The number of aryl methyl sites for hydroxylation is 2. The Labute approximate surface area is 132 Å². The standard InChI is InChI=1S/C17H27NO2S/c1-13-9-14(2)11-15(10-13)12-21-8-6-7-17(3,18-4)16(19)20-5/h9-11,18H,6-8,12H2,1-5H3. The summed E-state index contributed by atoms with van der Waals surface area (Å²) in [5, 5.41) is 3.07. The summed E-state index contributed by atoms with van der Waals surface area (Å²) in [5.74, 6) is 1.88. The first-order valence-corrected chi connectivity index (χ1v) is 8.49. The molecule has 0 aromatic heterocycles. The molecule has 0 saturated heterocycles. The van der Waals surface area contributed by atoms with E-state index in [-0.39, 0.29) is 5.97 Å². The maximum absolute atomic E-state index is 11.7. The van der Waals surface area contributed by atoms with Crippen LogP contribution in [-0.2, 0) is 15.3 Å². The normalized spacial score (nSPS) is 13.8. The van der Waals surface area contributed by atoms with E-state index < -0.39 is 5.54 Å². The van der Waals surface area contributed by atoms with Crippen molar-refractivity contribution in [1.82, 2.24) is 5.32 Å². The van der Waals surface area contributed by atoms with Crippen molar-refractivity contribution in [3.63, 3.8) is 0 Å². The third-order valence-electron chi connectivity index (χ3n) is 3.70. The van der Waals surface area contributed by atoms with E-state index in [1.54, 1.807) is 7.05 Å². The van der Waals surface area contributed by atoms with Gasteiger partial charge in [0.15, 0.2) is 0 Å². The quantitative estimate of drug-likeness (QED) is 0.589. The second-order valence-corrected chi connectivity index (χ2v) is 6.83. The van der Waals surface area contributed by atoms with Gasteiger partial charge >= 0.3 is 5.97 Å². The van der Waals surface area contributed by atoms with Crippen LogP contribution < -0.4 is 5.32 Å². The van der Waals surface area contributed by atoms with E-state index in [1.165, 1.54) is 23.8 Å². The van der Waals surface area contributed by atoms with Gasteiger partial charge < -0.3 is 10.1 Å². The van der Waals surface area contributed by atoms with Crippen LogP contribution in [0.2, 0.25) is 0 Å². The van der Waals surface area contributed by atoms with Gasteiger partial charge in [0.05, 0.1) is 7.11 Å². The summed E-state index contributed by atoms with van der Waals surface area (Å²) in [4.78, 5) is 11.7. The molecule has 1 aromatic rings. The smallest absolute Gasteiger partial charge is 0.325 e. The largest absolute Gasteiger partial charge is 0.468 e. The second-order valence-electron chi connectivity index (χ2n) is 5.73. The van der Waals surface area contributed by atoms with Gasteiger partial charge in [0.25, 0.3) is 0 Å². The minimum atomic E-state index is -0.574. The molecule has 0 aliphatic rings. The summed E-state index contributed by atoms with van der Waals surface area (Å²) >= 11 is 1.91. The lowest BCUT2D eigenvalue weighted by atomic mass is 9.97. The zero-order chi connectivity index (χ0) is 15.9. The Morgan fingerprint density at radius 3 is 2.43 bits per heavy atom. The molecule has 0 saturated carbocycles. The molecule has 4 heteroatoms. The third-order valence-corrected chi connectivity index (χ3v) is 4.82. The summed E-state index contributed by atoms with van der Waals surface area (Å²) in [6, 6.07) is 6.68. The lowest BCUT2D eigenvalue weighted by Crippen LogP contribution is -2.48. The Bertz CT molecular complexity index is 456. The van der Waals surface area contributed by atoms with E-state index in [0.717, 1.165) is 24.3 Å². The lowest BCUT2D eigenvalue weighted by Gasteiger charge is -2.25. The highest BCUT2D eigenvalue weighted by Gasteiger charge is 2.31. The SMILES string of the molecule is CNC(C)(CCCSCc1cc(C)cc(C)c1)C(=O)OC. The number of nitrogens with one attached hydrogen (secondary N) is 1. The van der Waals surface area contributed by atoms with Gasteiger partial charge in [0, 0.05) is 5.75 Å². The van der Waals surface area contributed by atoms with Crippen molar-refractivity contribution < 1.29 is 9.53 Å². The first-order valence-electron chi connectivity index (χ1n) is 7.33. The molecular formula is C17H27NO2S. The zero-order valence-corrected chi connectivity index (χ0v) is 14.6. The van der Waals surface area contributed by atoms with Gasteiger partial charge in [0.2, 0.25) is 0 Å². The van der Waals surface area contributed by atoms with Crippen molar-refractivity contribution in [3.8, 4) is 0 Å². The van der Waals surface area contributed by atoms with Crippen LogP contribution in [0.4, 0.5) is 0 Å². The summed E-state index contributed by atoms with van der Waals surface area (Å²) in [7, 11) is 3.24. The predicted molar refractivity (Wildman–Crippen MR) is 90.8 cm³/mol. The van der Waals surface area contributed by atoms with Gasteiger partial charge in [0.1, 0.15) is 5.54 Å². The first-order chi connectivity index (χ1) is 9.91. The van der Waals surface area contributed by atoms with Crippen molar-refractivity contribution in [3.05, 3.63) is 34.9 Å². The number of benzene rings is 1. The Balaban J connectivity index is 2.35. The lowest BCUT2D eigenvalue weighted by molar-refractivity contribution is -0.148. The van der Waals surface area contributed by atoms with Crippen molar-refractivity contribution >= 4 is 17.7 Å². The van der Waals surface area contributed by atoms with Gasteiger partial charge in [-0.3, -0.25) is 4.79 Å². The number of likely N-dealkylation sites (N-methyl/N-ethyl adjacent to an activating group) is 1. The van der Waals surface area contributed by atoms with Gasteiger partial charge in [-0.15, -0.1) is 0 Å². The van der Waals surface area contributed by atoms with E-state index in [9.17, 15) is 4.79 Å². The Morgan fingerprint density at radius 1 is 1.29 bits per heavy atom. The number of hydrogen-bond acceptors (Lipinski definition) is 4. The molecule has 0 heterocycles. The highest BCUT2D eigenvalue weighted by Crippen LogP contribution is 2.20. The highest BCUT2D eigenvalue weighted by atomic mass is 32.2. The Kier molecular flexibility index (Phi) is 7.26. The molecule has 0 spiro atoms. The molecular weight excluding hydrogens is 282 g/mol. The van der Waals surface area contributed by atoms with E-state index in [4.69, 9.17) is 4.74 Å². The van der Waals surface area contributed by atoms with E-state index >= 15 is 0 Å². The minimum Gasteiger partial charge on any atom is -0.468 e. The van der Waals surface area contributed by atoms with Crippen LogP contribution in [0.25, 0.3) is 0 Å². The van der Waals surface area contributed by atoms with E-state index in [2.05, 4.69) is 37.4 Å². The average Bonchev–Trinajstić information content (AvgIpc) is 2.44. The fourth-order valence-corrected chi connectivity index (χ4v) is 3.32. The van der Waals surface area contributed by atoms with Crippen LogP contribution >= 0.6 is 11.8 Å². The van der Waals surface area contributed by atoms with Crippen LogP contribution in [0.15, 0.2) is 18.2 Å². The van der Waals surface area contributed by atoms with Gasteiger partial charge in [-0.25, -0.2) is 0 Å². The maximum Gasteiger partial charge on any atom is 0.325 e. The highest BCUT2D eigenvalue weighted by molar-refractivity contribution is 7.98.